The molecule has 0 aliphatic rings. The molecular formula is C43H36O5. The Morgan fingerprint density at radius 2 is 0.875 bits per heavy atom. The molecule has 6 aromatic rings. The Bertz CT molecular complexity index is 2040. The number of ketones is 2. The monoisotopic (exact) mass is 632 g/mol. The lowest BCUT2D eigenvalue weighted by atomic mass is 9.78. The normalized spacial score (nSPS) is 11.1. The molecule has 0 saturated carbocycles. The van der Waals surface area contributed by atoms with Crippen LogP contribution in [0.25, 0.3) is 0 Å². The third-order valence-electron chi connectivity index (χ3n) is 8.47. The van der Waals surface area contributed by atoms with Gasteiger partial charge in [-0.3, -0.25) is 9.59 Å². The zero-order valence-electron chi connectivity index (χ0n) is 27.4. The van der Waals surface area contributed by atoms with Gasteiger partial charge < -0.3 is 14.2 Å². The van der Waals surface area contributed by atoms with Crippen LogP contribution in [0.2, 0.25) is 0 Å². The van der Waals surface area contributed by atoms with Crippen molar-refractivity contribution in [1.82, 2.24) is 0 Å². The first-order valence-electron chi connectivity index (χ1n) is 15.8. The molecule has 0 aliphatic heterocycles. The zero-order chi connectivity index (χ0) is 33.7. The number of aryl methyl sites for hydroxylation is 1. The Morgan fingerprint density at radius 1 is 0.458 bits per heavy atom. The van der Waals surface area contributed by atoms with Crippen LogP contribution in [0.5, 0.6) is 28.7 Å². The number of ether oxygens (including phenoxy) is 3. The molecule has 6 aromatic carbocycles. The maximum atomic E-state index is 13.4. The summed E-state index contributed by atoms with van der Waals surface area (Å²) in [5.41, 5.74) is 5.13. The first-order valence-corrected chi connectivity index (χ1v) is 15.8. The van der Waals surface area contributed by atoms with Crippen LogP contribution in [0, 0.1) is 6.92 Å². The Balaban J connectivity index is 1.09. The highest BCUT2D eigenvalue weighted by Gasteiger charge is 2.23. The van der Waals surface area contributed by atoms with Crippen molar-refractivity contribution in [2.75, 3.05) is 7.11 Å². The van der Waals surface area contributed by atoms with Gasteiger partial charge in [-0.05, 0) is 115 Å². The summed E-state index contributed by atoms with van der Waals surface area (Å²) in [6, 6.07) is 44.8. The molecule has 0 atom stereocenters. The van der Waals surface area contributed by atoms with E-state index in [1.807, 2.05) is 55.5 Å². The van der Waals surface area contributed by atoms with Crippen LogP contribution in [0.4, 0.5) is 0 Å². The molecule has 0 fully saturated rings. The highest BCUT2D eigenvalue weighted by atomic mass is 16.5. The minimum Gasteiger partial charge on any atom is -0.497 e. The van der Waals surface area contributed by atoms with Crippen LogP contribution in [-0.2, 0) is 5.41 Å². The van der Waals surface area contributed by atoms with E-state index < -0.39 is 0 Å². The van der Waals surface area contributed by atoms with Gasteiger partial charge in [0, 0.05) is 27.7 Å². The van der Waals surface area contributed by atoms with Crippen molar-refractivity contribution >= 4 is 11.6 Å². The maximum absolute atomic E-state index is 13.4. The Hall–Kier alpha value is -5.94. The second-order valence-electron chi connectivity index (χ2n) is 12.2. The van der Waals surface area contributed by atoms with Gasteiger partial charge in [0.25, 0.3) is 0 Å². The molecule has 0 N–H and O–H groups in total. The summed E-state index contributed by atoms with van der Waals surface area (Å²) in [4.78, 5) is 26.7. The van der Waals surface area contributed by atoms with Gasteiger partial charge in [0.05, 0.1) is 7.11 Å². The van der Waals surface area contributed by atoms with Gasteiger partial charge in [0.1, 0.15) is 28.7 Å². The molecule has 0 amide bonds. The fraction of sp³-hybridized carbons (Fsp3) is 0.116. The van der Waals surface area contributed by atoms with E-state index in [9.17, 15) is 9.59 Å². The number of hydrogen-bond donors (Lipinski definition) is 0. The van der Waals surface area contributed by atoms with Crippen LogP contribution in [0.15, 0.2) is 146 Å². The van der Waals surface area contributed by atoms with Gasteiger partial charge in [-0.15, -0.1) is 0 Å². The average Bonchev–Trinajstić information content (AvgIpc) is 3.12. The van der Waals surface area contributed by atoms with E-state index >= 15 is 0 Å². The van der Waals surface area contributed by atoms with Crippen molar-refractivity contribution in [2.24, 2.45) is 0 Å². The van der Waals surface area contributed by atoms with Crippen LogP contribution in [0.3, 0.4) is 0 Å². The first-order chi connectivity index (χ1) is 23.2. The van der Waals surface area contributed by atoms with E-state index in [-0.39, 0.29) is 17.0 Å². The van der Waals surface area contributed by atoms with Crippen molar-refractivity contribution in [3.63, 3.8) is 0 Å². The fourth-order valence-electron chi connectivity index (χ4n) is 5.55. The molecule has 0 aromatic heterocycles. The van der Waals surface area contributed by atoms with Gasteiger partial charge in [0.15, 0.2) is 11.6 Å². The molecule has 5 heteroatoms. The molecule has 6 rings (SSSR count). The van der Waals surface area contributed by atoms with Gasteiger partial charge in [0.2, 0.25) is 0 Å². The van der Waals surface area contributed by atoms with Crippen molar-refractivity contribution in [3.8, 4) is 28.7 Å². The molecule has 0 saturated heterocycles. The topological polar surface area (TPSA) is 61.8 Å². The Morgan fingerprint density at radius 3 is 1.33 bits per heavy atom. The predicted octanol–water partition coefficient (Wildman–Crippen LogP) is 10.4. The second kappa shape index (κ2) is 13.8. The summed E-state index contributed by atoms with van der Waals surface area (Å²) in [5, 5.41) is 0. The van der Waals surface area contributed by atoms with E-state index in [1.165, 1.54) is 5.56 Å². The van der Waals surface area contributed by atoms with E-state index in [1.54, 1.807) is 79.9 Å². The van der Waals surface area contributed by atoms with Crippen LogP contribution in [0.1, 0.15) is 62.4 Å². The van der Waals surface area contributed by atoms with Crippen molar-refractivity contribution < 1.29 is 23.8 Å². The molecule has 238 valence electrons. The SMILES string of the molecule is COc1ccc(C(C)(C)c2ccc(Oc3ccc(C(=O)c4cccc(C(=O)c5ccc(Oc6cccc(C)c6)cc5)c4)cc3)cc2)cc1. The van der Waals surface area contributed by atoms with Crippen LogP contribution >= 0.6 is 0 Å². The van der Waals surface area contributed by atoms with Gasteiger partial charge in [-0.2, -0.15) is 0 Å². The summed E-state index contributed by atoms with van der Waals surface area (Å²) in [7, 11) is 1.67. The molecule has 0 aliphatic carbocycles. The van der Waals surface area contributed by atoms with Crippen LogP contribution in [-0.4, -0.2) is 18.7 Å². The minimum atomic E-state index is -0.198. The number of carbonyl (C=O) groups excluding carboxylic acids is 2. The molecule has 0 radical (unpaired) electrons. The lowest BCUT2D eigenvalue weighted by Gasteiger charge is -2.26. The molecular weight excluding hydrogens is 596 g/mol. The van der Waals surface area contributed by atoms with E-state index in [0.29, 0.717) is 39.5 Å². The predicted molar refractivity (Wildman–Crippen MR) is 189 cm³/mol. The van der Waals surface area contributed by atoms with E-state index in [0.717, 1.165) is 22.6 Å². The van der Waals surface area contributed by atoms with Crippen molar-refractivity contribution in [3.05, 3.63) is 185 Å². The van der Waals surface area contributed by atoms with Gasteiger partial charge in [-0.1, -0.05) is 68.4 Å². The summed E-state index contributed by atoms with van der Waals surface area (Å²) in [6.45, 7) is 6.38. The highest BCUT2D eigenvalue weighted by Crippen LogP contribution is 2.34. The van der Waals surface area contributed by atoms with E-state index in [2.05, 4.69) is 38.1 Å². The summed E-state index contributed by atoms with van der Waals surface area (Å²) < 4.78 is 17.3. The number of rotatable bonds is 11. The Labute approximate surface area is 281 Å². The summed E-state index contributed by atoms with van der Waals surface area (Å²) >= 11 is 0. The lowest BCUT2D eigenvalue weighted by molar-refractivity contribution is 0.103. The third kappa shape index (κ3) is 7.21. The smallest absolute Gasteiger partial charge is 0.193 e. The number of hydrogen-bond acceptors (Lipinski definition) is 5. The Kier molecular flexibility index (Phi) is 9.22. The quantitative estimate of drug-likeness (QED) is 0.133. The number of carbonyl (C=O) groups is 2. The molecule has 48 heavy (non-hydrogen) atoms. The van der Waals surface area contributed by atoms with Crippen molar-refractivity contribution in [1.29, 1.82) is 0 Å². The molecule has 0 heterocycles. The van der Waals surface area contributed by atoms with Crippen LogP contribution < -0.4 is 14.2 Å². The summed E-state index contributed by atoms with van der Waals surface area (Å²) in [6.07, 6.45) is 0. The van der Waals surface area contributed by atoms with Gasteiger partial charge >= 0.3 is 0 Å². The minimum absolute atomic E-state index is 0.172. The third-order valence-corrected chi connectivity index (χ3v) is 8.47. The van der Waals surface area contributed by atoms with Gasteiger partial charge in [-0.25, -0.2) is 0 Å². The summed E-state index contributed by atoms with van der Waals surface area (Å²) in [5.74, 6) is 3.17. The number of benzene rings is 6. The van der Waals surface area contributed by atoms with E-state index in [4.69, 9.17) is 14.2 Å². The maximum Gasteiger partial charge on any atom is 0.193 e. The van der Waals surface area contributed by atoms with Crippen molar-refractivity contribution in [2.45, 2.75) is 26.2 Å². The molecule has 0 spiro atoms. The lowest BCUT2D eigenvalue weighted by Crippen LogP contribution is -2.18. The highest BCUT2D eigenvalue weighted by molar-refractivity contribution is 6.13. The zero-order valence-corrected chi connectivity index (χ0v) is 27.4. The second-order valence-corrected chi connectivity index (χ2v) is 12.2. The largest absolute Gasteiger partial charge is 0.497 e. The molecule has 0 unspecified atom stereocenters. The standard InChI is InChI=1S/C43H36O5/c1-29-7-5-10-40(27-29)48-38-21-13-31(14-22-38)42(45)33-9-6-8-32(28-33)41(44)30-11-19-37(20-12-30)47-39-25-17-35(18-26-39)43(2,3)34-15-23-36(46-4)24-16-34/h5-28H,1-4H3. The first kappa shape index (κ1) is 32.0. The molecule has 5 nitrogen and oxygen atoms in total. The average molecular weight is 633 g/mol. The fourth-order valence-corrected chi connectivity index (χ4v) is 5.55. The number of methoxy groups -OCH3 is 1. The molecule has 0 bridgehead atoms.